The summed E-state index contributed by atoms with van der Waals surface area (Å²) in [6.07, 6.45) is 0. The van der Waals surface area contributed by atoms with Crippen molar-refractivity contribution >= 4 is 21.6 Å². The molecule has 0 aliphatic heterocycles. The van der Waals surface area contributed by atoms with Crippen molar-refractivity contribution in [3.63, 3.8) is 0 Å². The number of nitrogens with zero attached hydrogens (tertiary/aromatic N) is 3. The second kappa shape index (κ2) is 7.49. The molecule has 0 saturated heterocycles. The Kier molecular flexibility index (Phi) is 4.89. The van der Waals surface area contributed by atoms with Crippen molar-refractivity contribution in [1.82, 2.24) is 8.94 Å². The van der Waals surface area contributed by atoms with Crippen molar-refractivity contribution in [2.24, 2.45) is 4.40 Å². The second-order valence-corrected chi connectivity index (χ2v) is 8.34. The van der Waals surface area contributed by atoms with Crippen LogP contribution in [0.3, 0.4) is 0 Å². The van der Waals surface area contributed by atoms with Crippen LogP contribution >= 0.6 is 11.5 Å². The van der Waals surface area contributed by atoms with Gasteiger partial charge in [-0.25, -0.2) is 8.35 Å². The van der Waals surface area contributed by atoms with E-state index in [1.165, 1.54) is 12.1 Å². The van der Waals surface area contributed by atoms with Gasteiger partial charge in [0.15, 0.2) is 5.82 Å². The third-order valence-corrected chi connectivity index (χ3v) is 6.21. The summed E-state index contributed by atoms with van der Waals surface area (Å²) in [5.41, 5.74) is 1.68. The van der Waals surface area contributed by atoms with Gasteiger partial charge in [-0.05, 0) is 47.9 Å². The molecule has 0 radical (unpaired) electrons. The van der Waals surface area contributed by atoms with Crippen LogP contribution in [0.1, 0.15) is 0 Å². The Balaban J connectivity index is 1.88. The Morgan fingerprint density at radius 2 is 1.46 bits per heavy atom. The van der Waals surface area contributed by atoms with E-state index in [1.807, 2.05) is 64.6 Å². The molecule has 140 valence electrons. The third-order valence-electron chi connectivity index (χ3n) is 3.90. The van der Waals surface area contributed by atoms with Crippen LogP contribution in [-0.2, 0) is 10.0 Å². The van der Waals surface area contributed by atoms with E-state index in [4.69, 9.17) is 0 Å². The van der Waals surface area contributed by atoms with Crippen LogP contribution in [0.15, 0.2) is 94.2 Å². The summed E-state index contributed by atoms with van der Waals surface area (Å²) in [5.74, 6) is 0.0753. The summed E-state index contributed by atoms with van der Waals surface area (Å²) in [6, 6.07) is 23.5. The Morgan fingerprint density at radius 1 is 0.857 bits per heavy atom. The fraction of sp³-hybridized carbons (Fsp3) is 0. The Morgan fingerprint density at radius 3 is 2.11 bits per heavy atom. The molecule has 0 unspecified atom stereocenters. The Hall–Kier alpha value is -3.10. The van der Waals surface area contributed by atoms with Gasteiger partial charge < -0.3 is 0 Å². The molecule has 0 spiro atoms. The lowest BCUT2D eigenvalue weighted by Gasteiger charge is -2.05. The van der Waals surface area contributed by atoms with Crippen molar-refractivity contribution in [2.45, 2.75) is 4.90 Å². The van der Waals surface area contributed by atoms with Gasteiger partial charge in [0.05, 0.1) is 10.6 Å². The minimum absolute atomic E-state index is 0.0865. The van der Waals surface area contributed by atoms with Gasteiger partial charge in [0.2, 0.25) is 4.80 Å². The molecule has 0 fully saturated rings. The summed E-state index contributed by atoms with van der Waals surface area (Å²) in [7, 11) is -4.00. The molecule has 0 aliphatic carbocycles. The van der Waals surface area contributed by atoms with Crippen molar-refractivity contribution in [1.29, 1.82) is 0 Å². The van der Waals surface area contributed by atoms with E-state index in [-0.39, 0.29) is 9.70 Å². The highest BCUT2D eigenvalue weighted by Gasteiger charge is 2.16. The molecule has 4 rings (SSSR count). The number of rotatable bonds is 4. The molecule has 0 bridgehead atoms. The number of benzene rings is 3. The molecule has 8 heteroatoms. The van der Waals surface area contributed by atoms with Crippen LogP contribution in [0.4, 0.5) is 4.39 Å². The highest BCUT2D eigenvalue weighted by atomic mass is 32.2. The normalized spacial score (nSPS) is 12.2. The molecule has 28 heavy (non-hydrogen) atoms. The Bertz CT molecular complexity index is 1200. The zero-order valence-corrected chi connectivity index (χ0v) is 16.1. The Labute approximate surface area is 165 Å². The SMILES string of the molecule is O=S(=O)(/N=c1/nc(-c2ccccc2)n(-c2ccccc2)s1)c1ccc(F)cc1. The molecule has 1 heterocycles. The summed E-state index contributed by atoms with van der Waals surface area (Å²) in [5, 5.41) is 0. The van der Waals surface area contributed by atoms with Gasteiger partial charge in [0, 0.05) is 5.56 Å². The first-order valence-corrected chi connectivity index (χ1v) is 10.5. The van der Waals surface area contributed by atoms with Gasteiger partial charge in [-0.15, -0.1) is 4.40 Å². The summed E-state index contributed by atoms with van der Waals surface area (Å²) >= 11 is 1.12. The molecule has 5 nitrogen and oxygen atoms in total. The van der Waals surface area contributed by atoms with Crippen LogP contribution in [-0.4, -0.2) is 17.4 Å². The molecular formula is C20H14FN3O2S2. The maximum Gasteiger partial charge on any atom is 0.285 e. The van der Waals surface area contributed by atoms with Crippen LogP contribution in [0.25, 0.3) is 17.1 Å². The summed E-state index contributed by atoms with van der Waals surface area (Å²) in [4.78, 5) is 4.45. The molecule has 0 amide bonds. The first-order chi connectivity index (χ1) is 13.5. The topological polar surface area (TPSA) is 64.3 Å². The average Bonchev–Trinajstić information content (AvgIpc) is 3.13. The van der Waals surface area contributed by atoms with E-state index >= 15 is 0 Å². The van der Waals surface area contributed by atoms with Gasteiger partial charge in [0.1, 0.15) is 5.82 Å². The van der Waals surface area contributed by atoms with Crippen LogP contribution < -0.4 is 4.80 Å². The number of halogens is 1. The molecular weight excluding hydrogens is 397 g/mol. The predicted octanol–water partition coefficient (Wildman–Crippen LogP) is 4.03. The number of hydrogen-bond donors (Lipinski definition) is 0. The predicted molar refractivity (Wildman–Crippen MR) is 106 cm³/mol. The standard InChI is InChI=1S/C20H14FN3O2S2/c21-16-11-13-18(14-12-16)28(25,26)23-20-22-19(15-7-3-1-4-8-15)24(27-20)17-9-5-2-6-10-17/h1-14H/b23-20-. The summed E-state index contributed by atoms with van der Waals surface area (Å²) < 4.78 is 43.9. The molecule has 0 aliphatic rings. The molecule has 0 saturated carbocycles. The zero-order valence-electron chi connectivity index (χ0n) is 14.4. The first-order valence-electron chi connectivity index (χ1n) is 8.31. The summed E-state index contributed by atoms with van der Waals surface area (Å²) in [6.45, 7) is 0. The zero-order chi connectivity index (χ0) is 19.6. The minimum atomic E-state index is -4.00. The average molecular weight is 411 g/mol. The van der Waals surface area contributed by atoms with Crippen molar-refractivity contribution in [3.8, 4) is 17.1 Å². The van der Waals surface area contributed by atoms with E-state index < -0.39 is 15.8 Å². The van der Waals surface area contributed by atoms with Crippen molar-refractivity contribution < 1.29 is 12.8 Å². The van der Waals surface area contributed by atoms with Gasteiger partial charge in [0.25, 0.3) is 10.0 Å². The molecule has 3 aromatic carbocycles. The van der Waals surface area contributed by atoms with E-state index in [2.05, 4.69) is 9.38 Å². The number of sulfonamides is 1. The molecule has 4 aromatic rings. The monoisotopic (exact) mass is 411 g/mol. The lowest BCUT2D eigenvalue weighted by molar-refractivity contribution is 0.595. The van der Waals surface area contributed by atoms with Gasteiger partial charge in [-0.1, -0.05) is 48.5 Å². The van der Waals surface area contributed by atoms with Crippen LogP contribution in [0, 0.1) is 5.82 Å². The minimum Gasteiger partial charge on any atom is -0.246 e. The lowest BCUT2D eigenvalue weighted by atomic mass is 10.2. The molecule has 0 N–H and O–H groups in total. The largest absolute Gasteiger partial charge is 0.285 e. The van der Waals surface area contributed by atoms with E-state index in [0.717, 1.165) is 34.9 Å². The maximum atomic E-state index is 13.1. The maximum absolute atomic E-state index is 13.1. The van der Waals surface area contributed by atoms with Crippen LogP contribution in [0.5, 0.6) is 0 Å². The second-order valence-electron chi connectivity index (χ2n) is 5.83. The van der Waals surface area contributed by atoms with E-state index in [9.17, 15) is 12.8 Å². The molecule has 1 aromatic heterocycles. The quantitative estimate of drug-likeness (QED) is 0.509. The van der Waals surface area contributed by atoms with E-state index in [1.54, 1.807) is 0 Å². The highest BCUT2D eigenvalue weighted by Crippen LogP contribution is 2.22. The van der Waals surface area contributed by atoms with Gasteiger partial charge in [-0.3, -0.25) is 0 Å². The molecule has 0 atom stereocenters. The smallest absolute Gasteiger partial charge is 0.246 e. The van der Waals surface area contributed by atoms with E-state index in [0.29, 0.717) is 5.82 Å². The third kappa shape index (κ3) is 3.78. The fourth-order valence-electron chi connectivity index (χ4n) is 2.59. The number of hydrogen-bond acceptors (Lipinski definition) is 4. The lowest BCUT2D eigenvalue weighted by Crippen LogP contribution is -2.06. The van der Waals surface area contributed by atoms with Crippen LogP contribution in [0.2, 0.25) is 0 Å². The first kappa shape index (κ1) is 18.3. The number of para-hydroxylation sites is 1. The van der Waals surface area contributed by atoms with Gasteiger partial charge >= 0.3 is 0 Å². The fourth-order valence-corrected chi connectivity index (χ4v) is 4.60. The van der Waals surface area contributed by atoms with Gasteiger partial charge in [-0.2, -0.15) is 13.4 Å². The number of aromatic nitrogens is 2. The van der Waals surface area contributed by atoms with Crippen molar-refractivity contribution in [2.75, 3.05) is 0 Å². The highest BCUT2D eigenvalue weighted by molar-refractivity contribution is 7.90. The van der Waals surface area contributed by atoms with Crippen molar-refractivity contribution in [3.05, 3.63) is 95.5 Å².